The Labute approximate surface area is 584 Å². The summed E-state index contributed by atoms with van der Waals surface area (Å²) in [6, 6.07) is 26.8. The molecular weight excluding hydrogens is 1280 g/mol. The topological polar surface area (TPSA) is 236 Å². The van der Waals surface area contributed by atoms with Crippen LogP contribution in [0.5, 0.6) is 0 Å². The number of anilines is 3. The predicted octanol–water partition coefficient (Wildman–Crippen LogP) is 8.55. The number of aryl methyl sites for hydroxylation is 1. The number of carbonyl (C=O) groups excluding carboxylic acids is 5. The number of nitrogens with zero attached hydrogens (tertiary/aromatic N) is 5. The zero-order valence-electron chi connectivity index (χ0n) is 58.0. The molecule has 4 aliphatic heterocycles. The number of imide groups is 1. The second kappa shape index (κ2) is 33.2. The summed E-state index contributed by atoms with van der Waals surface area (Å²) in [4.78, 5) is 77.5. The summed E-state index contributed by atoms with van der Waals surface area (Å²) in [7, 11) is -4.15. The third-order valence-corrected chi connectivity index (χ3v) is 23.3. The largest absolute Gasteiger partial charge is 0.381 e. The molecule has 4 aromatic rings. The Morgan fingerprint density at radius 2 is 1.42 bits per heavy atom. The second-order valence-electron chi connectivity index (χ2n) is 29.1. The minimum Gasteiger partial charge on any atom is -0.381 e. The van der Waals surface area contributed by atoms with E-state index in [1.54, 1.807) is 59.8 Å². The van der Waals surface area contributed by atoms with Crippen LogP contribution in [0.2, 0.25) is 0 Å². The lowest BCUT2D eigenvalue weighted by molar-refractivity contribution is -0.167. The Morgan fingerprint density at radius 3 is 2.12 bits per heavy atom. The van der Waals surface area contributed by atoms with Crippen LogP contribution < -0.4 is 36.2 Å². The van der Waals surface area contributed by atoms with Crippen LogP contribution in [0.25, 0.3) is 0 Å². The number of piperazine rings is 2. The van der Waals surface area contributed by atoms with Crippen LogP contribution in [-0.4, -0.2) is 213 Å². The van der Waals surface area contributed by atoms with Gasteiger partial charge in [-0.05, 0) is 173 Å². The third-order valence-electron chi connectivity index (χ3n) is 20.8. The molecule has 530 valence electrons. The molecule has 98 heavy (non-hydrogen) atoms. The fraction of sp³-hybridized carbons (Fsp3) is 0.560. The second-order valence-corrected chi connectivity index (χ2v) is 31.8. The third kappa shape index (κ3) is 18.8. The fourth-order valence-electron chi connectivity index (χ4n) is 15.4. The van der Waals surface area contributed by atoms with E-state index in [1.807, 2.05) is 36.8 Å². The Kier molecular flexibility index (Phi) is 24.6. The number of carbonyl (C=O) groups is 5. The molecule has 8 aliphatic rings. The Hall–Kier alpha value is -6.67. The van der Waals surface area contributed by atoms with Crippen molar-refractivity contribution in [2.75, 3.05) is 159 Å². The van der Waals surface area contributed by atoms with Crippen LogP contribution >= 0.6 is 11.8 Å². The number of amides is 5. The van der Waals surface area contributed by atoms with Crippen LogP contribution in [0.1, 0.15) is 128 Å². The van der Waals surface area contributed by atoms with Crippen molar-refractivity contribution in [2.45, 2.75) is 120 Å². The molecule has 0 radical (unpaired) electrons. The van der Waals surface area contributed by atoms with E-state index in [0.29, 0.717) is 98.8 Å². The highest BCUT2D eigenvalue weighted by atomic mass is 32.2. The number of unbranched alkanes of at least 4 members (excludes halogenated alkanes) is 1. The number of fused-ring (bicyclic) bond motifs is 1. The van der Waals surface area contributed by atoms with E-state index in [2.05, 4.69) is 103 Å². The molecule has 21 nitrogen and oxygen atoms in total. The van der Waals surface area contributed by atoms with Crippen molar-refractivity contribution in [3.05, 3.63) is 137 Å². The molecule has 6 N–H and O–H groups in total. The van der Waals surface area contributed by atoms with Crippen molar-refractivity contribution in [3.63, 3.8) is 0 Å². The number of ether oxygens (including phenoxy) is 3. The molecule has 2 atom stereocenters. The average molecular weight is 1380 g/mol. The molecule has 4 aliphatic carbocycles. The molecule has 0 aromatic heterocycles. The normalized spacial score (nSPS) is 22.3. The van der Waals surface area contributed by atoms with Gasteiger partial charge in [0.2, 0.25) is 11.8 Å². The van der Waals surface area contributed by atoms with Gasteiger partial charge in [0.15, 0.2) is 0 Å². The maximum Gasteiger partial charge on any atom is 0.264 e. The first-order valence-corrected chi connectivity index (χ1v) is 38.0. The zero-order chi connectivity index (χ0) is 68.9. The first-order valence-electron chi connectivity index (χ1n) is 35.5. The Balaban J connectivity index is 0.515. The van der Waals surface area contributed by atoms with Gasteiger partial charge >= 0.3 is 0 Å². The Morgan fingerprint density at radius 1 is 0.735 bits per heavy atom. The summed E-state index contributed by atoms with van der Waals surface area (Å²) >= 11 is 1.80. The number of hydrogen-bond acceptors (Lipinski definition) is 18. The maximum atomic E-state index is 13.7. The molecule has 5 amide bonds. The number of benzene rings is 4. The summed E-state index contributed by atoms with van der Waals surface area (Å²) in [6.45, 7) is 28.7. The quantitative estimate of drug-likeness (QED) is 0.0108. The van der Waals surface area contributed by atoms with Gasteiger partial charge < -0.3 is 50.6 Å². The van der Waals surface area contributed by atoms with Crippen molar-refractivity contribution < 1.29 is 46.6 Å². The van der Waals surface area contributed by atoms with E-state index in [-0.39, 0.29) is 34.5 Å². The zero-order valence-corrected chi connectivity index (χ0v) is 59.6. The number of nitrogens with one attached hydrogen (secondary N) is 6. The molecule has 6 fully saturated rings. The van der Waals surface area contributed by atoms with E-state index in [0.717, 1.165) is 125 Å². The van der Waals surface area contributed by atoms with Crippen molar-refractivity contribution in [1.29, 1.82) is 0 Å². The van der Waals surface area contributed by atoms with Gasteiger partial charge in [0, 0.05) is 130 Å². The monoisotopic (exact) mass is 1380 g/mol. The molecule has 3 saturated heterocycles. The molecule has 23 heteroatoms. The summed E-state index contributed by atoms with van der Waals surface area (Å²) in [5.74, 6) is -1.57. The standard InChI is InChI=1S/C75H103N11O10S2/c1-54-46-61(98(92,93)81-69(88)56-17-19-59(20-18-56)85-37-35-84(36-38-85)49-57-24-26-73(3,4)47-63(57)75-51-74(5,52-75)53-75)21-22-64(54)80-58(50-97-60-12-7-6-8-13-60)25-30-82-31-33-83(34-32-82)39-41-95-43-45-96-44-42-94-40-29-76-27-9-10-28-77-67(87)48-78-65-15-11-14-62-68(65)72(91)86(71(62)90)66-23-16-55(2)79-70(66)89/h6-8,11-15,17-22,46,58,66,76,78,80H,2,9-10,16,23-45,47-53H2,1,3-5H3,(H,77,87)(H,79,89)(H,81,88)/t58-,66?,74?,75?/m1/s1. The average Bonchev–Trinajstić information content (AvgIpc) is 0.762. The first-order chi connectivity index (χ1) is 47.2. The summed E-state index contributed by atoms with van der Waals surface area (Å²) in [5.41, 5.74) is 9.33. The molecular formula is C75H103N11O10S2. The number of piperidine rings is 1. The molecule has 1 unspecified atom stereocenters. The van der Waals surface area contributed by atoms with Crippen LogP contribution in [0.4, 0.5) is 17.1 Å². The minimum atomic E-state index is -4.15. The van der Waals surface area contributed by atoms with Crippen molar-refractivity contribution in [2.24, 2.45) is 16.2 Å². The molecule has 4 aromatic carbocycles. The molecule has 3 saturated carbocycles. The molecule has 4 heterocycles. The lowest BCUT2D eigenvalue weighted by Gasteiger charge is -2.72. The smallest absolute Gasteiger partial charge is 0.264 e. The van der Waals surface area contributed by atoms with Gasteiger partial charge in [-0.3, -0.25) is 38.7 Å². The van der Waals surface area contributed by atoms with E-state index in [1.165, 1.54) is 43.4 Å². The summed E-state index contributed by atoms with van der Waals surface area (Å²) in [5, 5.41) is 15.6. The lowest BCUT2D eigenvalue weighted by Crippen LogP contribution is -2.61. The van der Waals surface area contributed by atoms with E-state index < -0.39 is 39.7 Å². The fourth-order valence-corrected chi connectivity index (χ4v) is 17.5. The lowest BCUT2D eigenvalue weighted by atomic mass is 9.33. The number of thioether (sulfide) groups is 1. The van der Waals surface area contributed by atoms with Crippen LogP contribution in [0, 0.1) is 23.2 Å². The first kappa shape index (κ1) is 72.6. The van der Waals surface area contributed by atoms with Gasteiger partial charge in [-0.25, -0.2) is 13.1 Å². The molecule has 2 bridgehead atoms. The molecule has 0 spiro atoms. The molecule has 12 rings (SSSR count). The van der Waals surface area contributed by atoms with Gasteiger partial charge in [0.25, 0.3) is 27.7 Å². The van der Waals surface area contributed by atoms with Crippen molar-refractivity contribution in [1.82, 2.24) is 40.3 Å². The van der Waals surface area contributed by atoms with Crippen LogP contribution in [-0.2, 0) is 33.8 Å². The minimum absolute atomic E-state index is 0.0456. The van der Waals surface area contributed by atoms with E-state index >= 15 is 0 Å². The van der Waals surface area contributed by atoms with E-state index in [4.69, 9.17) is 14.2 Å². The summed E-state index contributed by atoms with van der Waals surface area (Å²) < 4.78 is 47.2. The van der Waals surface area contributed by atoms with Gasteiger partial charge in [-0.1, -0.05) is 62.8 Å². The van der Waals surface area contributed by atoms with Crippen LogP contribution in [0.15, 0.2) is 124 Å². The van der Waals surface area contributed by atoms with Gasteiger partial charge in [-0.2, -0.15) is 0 Å². The summed E-state index contributed by atoms with van der Waals surface area (Å²) in [6.07, 6.45) is 11.2. The highest BCUT2D eigenvalue weighted by Gasteiger charge is 2.67. The van der Waals surface area contributed by atoms with Gasteiger partial charge in [-0.15, -0.1) is 11.8 Å². The highest BCUT2D eigenvalue weighted by Crippen LogP contribution is 2.77. The number of sulfonamides is 1. The number of hydrogen-bond donors (Lipinski definition) is 6. The number of allylic oxidation sites excluding steroid dienone is 2. The SMILES string of the molecule is C=C1CCC(N2C(=O)c3cccc(NCC(=O)NCCCCNCCOCCOCCOCCN4CCN(CC[C@H](CSc5ccccc5)Nc5ccc(S(=O)(=O)NC(=O)c6ccc(N7CCN(CC8=C(C9%10CC(C)(C9)C%10)CC(C)(C)CC8)CC7)cc6)cc5C)CC4)c3C2=O)C(=O)N1. The van der Waals surface area contributed by atoms with E-state index in [9.17, 15) is 32.4 Å². The predicted molar refractivity (Wildman–Crippen MR) is 385 cm³/mol. The van der Waals surface area contributed by atoms with Gasteiger partial charge in [0.1, 0.15) is 6.04 Å². The Bertz CT molecular complexity index is 3590. The maximum absolute atomic E-state index is 13.7. The van der Waals surface area contributed by atoms with Crippen LogP contribution in [0.3, 0.4) is 0 Å². The van der Waals surface area contributed by atoms with Crippen molar-refractivity contribution in [3.8, 4) is 0 Å². The number of rotatable bonds is 36. The van der Waals surface area contributed by atoms with Gasteiger partial charge in [0.05, 0.1) is 62.2 Å². The van der Waals surface area contributed by atoms with Crippen molar-refractivity contribution >= 4 is 68.4 Å². The highest BCUT2D eigenvalue weighted by molar-refractivity contribution is 7.99.